The van der Waals surface area contributed by atoms with E-state index in [1.807, 2.05) is 23.6 Å². The number of nitrogens with zero attached hydrogens (tertiary/aromatic N) is 3. The van der Waals surface area contributed by atoms with Gasteiger partial charge in [0.25, 0.3) is 5.56 Å². The fourth-order valence-electron chi connectivity index (χ4n) is 2.18. The van der Waals surface area contributed by atoms with Crippen LogP contribution in [0, 0.1) is 11.3 Å². The van der Waals surface area contributed by atoms with Crippen LogP contribution >= 0.6 is 11.3 Å². The van der Waals surface area contributed by atoms with Crippen LogP contribution in [-0.4, -0.2) is 20.8 Å². The molecule has 0 radical (unpaired) electrons. The second-order valence-electron chi connectivity index (χ2n) is 4.77. The number of aromatic nitrogens is 2. The van der Waals surface area contributed by atoms with Crippen molar-refractivity contribution in [3.05, 3.63) is 48.8 Å². The Morgan fingerprint density at radius 3 is 2.68 bits per heavy atom. The molecule has 8 heteroatoms. The zero-order chi connectivity index (χ0) is 16.3. The van der Waals surface area contributed by atoms with E-state index >= 15 is 0 Å². The van der Waals surface area contributed by atoms with Crippen molar-refractivity contribution >= 4 is 17.2 Å². The molecule has 2 N–H and O–H groups in total. The highest BCUT2D eigenvalue weighted by molar-refractivity contribution is 7.10. The molecule has 2 heterocycles. The van der Waals surface area contributed by atoms with Gasteiger partial charge < -0.3 is 10.4 Å². The normalized spacial score (nSPS) is 11.9. The summed E-state index contributed by atoms with van der Waals surface area (Å²) in [4.78, 5) is 25.0. The molecule has 0 aliphatic rings. The highest BCUT2D eigenvalue weighted by atomic mass is 32.1. The van der Waals surface area contributed by atoms with Gasteiger partial charge in [-0.25, -0.2) is 4.79 Å². The first-order chi connectivity index (χ1) is 10.5. The summed E-state index contributed by atoms with van der Waals surface area (Å²) in [6.07, 6.45) is 0.398. The van der Waals surface area contributed by atoms with Crippen LogP contribution in [0.1, 0.15) is 22.9 Å². The van der Waals surface area contributed by atoms with E-state index in [9.17, 15) is 20.0 Å². The molecule has 0 spiro atoms. The van der Waals surface area contributed by atoms with Gasteiger partial charge in [-0.2, -0.15) is 5.26 Å². The molecular formula is C14H16N4O3S. The minimum absolute atomic E-state index is 0.0593. The molecule has 0 aromatic carbocycles. The third kappa shape index (κ3) is 2.81. The van der Waals surface area contributed by atoms with Crippen LogP contribution in [0.15, 0.2) is 27.1 Å². The van der Waals surface area contributed by atoms with Crippen LogP contribution in [0.25, 0.3) is 0 Å². The molecule has 0 saturated heterocycles. The summed E-state index contributed by atoms with van der Waals surface area (Å²) in [5, 5.41) is 23.4. The average Bonchev–Trinajstić information content (AvgIpc) is 3.04. The minimum Gasteiger partial charge on any atom is -0.396 e. The van der Waals surface area contributed by atoms with Crippen molar-refractivity contribution in [2.24, 2.45) is 14.1 Å². The molecule has 0 fully saturated rings. The Bertz CT molecular complexity index is 814. The molecular weight excluding hydrogens is 304 g/mol. The molecule has 0 bridgehead atoms. The zero-order valence-corrected chi connectivity index (χ0v) is 13.1. The Morgan fingerprint density at radius 1 is 1.41 bits per heavy atom. The lowest BCUT2D eigenvalue weighted by molar-refractivity contribution is 0.280. The van der Waals surface area contributed by atoms with Crippen molar-refractivity contribution in [2.45, 2.75) is 12.5 Å². The van der Waals surface area contributed by atoms with Crippen LogP contribution in [0.2, 0.25) is 0 Å². The summed E-state index contributed by atoms with van der Waals surface area (Å²) in [6.45, 7) is -0.0593. The van der Waals surface area contributed by atoms with Crippen LogP contribution in [0.3, 0.4) is 0 Å². The Hall–Kier alpha value is -2.37. The maximum absolute atomic E-state index is 12.1. The van der Waals surface area contributed by atoms with Gasteiger partial charge in [-0.1, -0.05) is 6.07 Å². The topological polar surface area (TPSA) is 100 Å². The van der Waals surface area contributed by atoms with Gasteiger partial charge in [0.1, 0.15) is 11.9 Å². The molecule has 7 nitrogen and oxygen atoms in total. The van der Waals surface area contributed by atoms with E-state index in [2.05, 4.69) is 5.32 Å². The molecule has 0 saturated carbocycles. The van der Waals surface area contributed by atoms with Crippen molar-refractivity contribution < 1.29 is 5.11 Å². The van der Waals surface area contributed by atoms with E-state index in [4.69, 9.17) is 0 Å². The molecule has 116 valence electrons. The minimum atomic E-state index is -0.637. The summed E-state index contributed by atoms with van der Waals surface area (Å²) < 4.78 is 2.13. The predicted molar refractivity (Wildman–Crippen MR) is 84.0 cm³/mol. The molecule has 1 unspecified atom stereocenters. The van der Waals surface area contributed by atoms with E-state index in [1.165, 1.54) is 30.0 Å². The van der Waals surface area contributed by atoms with Crippen LogP contribution in [0.5, 0.6) is 0 Å². The average molecular weight is 320 g/mol. The second kappa shape index (κ2) is 6.60. The maximum atomic E-state index is 12.1. The summed E-state index contributed by atoms with van der Waals surface area (Å²) in [7, 11) is 2.83. The third-order valence-corrected chi connectivity index (χ3v) is 4.38. The predicted octanol–water partition coefficient (Wildman–Crippen LogP) is 0.553. The van der Waals surface area contributed by atoms with Crippen molar-refractivity contribution in [1.29, 1.82) is 5.26 Å². The van der Waals surface area contributed by atoms with Gasteiger partial charge in [0.05, 0.1) is 6.04 Å². The molecule has 2 aromatic rings. The summed E-state index contributed by atoms with van der Waals surface area (Å²) in [5.74, 6) is 0.169. The van der Waals surface area contributed by atoms with E-state index in [0.29, 0.717) is 6.42 Å². The number of nitriles is 1. The summed E-state index contributed by atoms with van der Waals surface area (Å²) >= 11 is 1.49. The lowest BCUT2D eigenvalue weighted by atomic mass is 10.1. The number of thiophene rings is 1. The largest absolute Gasteiger partial charge is 0.396 e. The Kier molecular flexibility index (Phi) is 4.80. The van der Waals surface area contributed by atoms with E-state index in [0.717, 1.165) is 9.44 Å². The molecule has 0 aliphatic heterocycles. The molecule has 0 aliphatic carbocycles. The quantitative estimate of drug-likeness (QED) is 0.838. The molecule has 0 amide bonds. The number of nitrogens with one attached hydrogen (secondary N) is 1. The van der Waals surface area contributed by atoms with Crippen molar-refractivity contribution in [1.82, 2.24) is 9.13 Å². The van der Waals surface area contributed by atoms with Crippen LogP contribution in [0.4, 0.5) is 5.82 Å². The molecule has 22 heavy (non-hydrogen) atoms. The van der Waals surface area contributed by atoms with Crippen LogP contribution < -0.4 is 16.6 Å². The molecule has 1 atom stereocenters. The third-order valence-electron chi connectivity index (χ3n) is 3.39. The number of aliphatic hydroxyl groups is 1. The van der Waals surface area contributed by atoms with Gasteiger partial charge in [-0.05, 0) is 17.9 Å². The lowest BCUT2D eigenvalue weighted by Crippen LogP contribution is -2.40. The van der Waals surface area contributed by atoms with E-state index in [-0.39, 0.29) is 24.0 Å². The van der Waals surface area contributed by atoms with Crippen molar-refractivity contribution in [2.75, 3.05) is 11.9 Å². The smallest absolute Gasteiger partial charge is 0.332 e. The number of hydrogen-bond donors (Lipinski definition) is 2. The zero-order valence-electron chi connectivity index (χ0n) is 12.2. The first-order valence-corrected chi connectivity index (χ1v) is 7.50. The van der Waals surface area contributed by atoms with Gasteiger partial charge in [0.15, 0.2) is 5.56 Å². The first kappa shape index (κ1) is 16.0. The van der Waals surface area contributed by atoms with Gasteiger partial charge in [-0.15, -0.1) is 11.3 Å². The number of rotatable bonds is 5. The van der Waals surface area contributed by atoms with Gasteiger partial charge in [-0.3, -0.25) is 13.9 Å². The first-order valence-electron chi connectivity index (χ1n) is 6.62. The fourth-order valence-corrected chi connectivity index (χ4v) is 3.00. The summed E-state index contributed by atoms with van der Waals surface area (Å²) in [6, 6.07) is 5.34. The van der Waals surface area contributed by atoms with Gasteiger partial charge in [0.2, 0.25) is 0 Å². The lowest BCUT2D eigenvalue weighted by Gasteiger charge is -2.20. The summed E-state index contributed by atoms with van der Waals surface area (Å²) in [5.41, 5.74) is -1.27. The second-order valence-corrected chi connectivity index (χ2v) is 5.75. The molecule has 2 rings (SSSR count). The Labute approximate surface area is 130 Å². The number of aliphatic hydroxyl groups excluding tert-OH is 1. The highest BCUT2D eigenvalue weighted by Crippen LogP contribution is 2.26. The monoisotopic (exact) mass is 320 g/mol. The van der Waals surface area contributed by atoms with E-state index < -0.39 is 11.2 Å². The highest BCUT2D eigenvalue weighted by Gasteiger charge is 2.20. The SMILES string of the molecule is Cn1c(NC(CCO)c2cccs2)c(C#N)c(=O)n(C)c1=O. The number of hydrogen-bond acceptors (Lipinski definition) is 6. The Morgan fingerprint density at radius 2 is 2.14 bits per heavy atom. The van der Waals surface area contributed by atoms with E-state index in [1.54, 1.807) is 0 Å². The molecule has 2 aromatic heterocycles. The van der Waals surface area contributed by atoms with Crippen LogP contribution in [-0.2, 0) is 14.1 Å². The number of anilines is 1. The van der Waals surface area contributed by atoms with Crippen molar-refractivity contribution in [3.8, 4) is 6.07 Å². The van der Waals surface area contributed by atoms with Crippen molar-refractivity contribution in [3.63, 3.8) is 0 Å². The Balaban J connectivity index is 2.55. The van der Waals surface area contributed by atoms with Gasteiger partial charge in [0, 0.05) is 25.6 Å². The fraction of sp³-hybridized carbons (Fsp3) is 0.357. The maximum Gasteiger partial charge on any atom is 0.332 e. The van der Waals surface area contributed by atoms with Gasteiger partial charge >= 0.3 is 5.69 Å². The standard InChI is InChI=1S/C14H16N4O3S/c1-17-12(9(8-15)13(20)18(2)14(17)21)16-10(5-6-19)11-4-3-7-22-11/h3-4,7,10,16,19H,5-6H2,1-2H3.